The van der Waals surface area contributed by atoms with Gasteiger partial charge in [0.1, 0.15) is 16.5 Å². The molecule has 1 heterocycles. The molecule has 1 aliphatic carbocycles. The maximum atomic E-state index is 12.4. The Morgan fingerprint density at radius 3 is 2.62 bits per heavy atom. The van der Waals surface area contributed by atoms with E-state index in [-0.39, 0.29) is 12.0 Å². The van der Waals surface area contributed by atoms with Crippen LogP contribution in [0.15, 0.2) is 29.6 Å². The van der Waals surface area contributed by atoms with E-state index in [0.717, 1.165) is 16.3 Å². The first kappa shape index (κ1) is 18.9. The number of ether oxygens (including phenoxy) is 1. The summed E-state index contributed by atoms with van der Waals surface area (Å²) in [6.07, 6.45) is 2.69. The largest absolute Gasteiger partial charge is 0.491 e. The summed E-state index contributed by atoms with van der Waals surface area (Å²) in [6, 6.07) is 8.85. The Morgan fingerprint density at radius 1 is 1.31 bits per heavy atom. The maximum absolute atomic E-state index is 12.4. The van der Waals surface area contributed by atoms with Crippen LogP contribution in [0.3, 0.4) is 0 Å². The second-order valence-corrected chi connectivity index (χ2v) is 8.04. The summed E-state index contributed by atoms with van der Waals surface area (Å²) < 4.78 is 5.66. The highest BCUT2D eigenvalue weighted by molar-refractivity contribution is 7.13. The van der Waals surface area contributed by atoms with Gasteiger partial charge in [0.2, 0.25) is 0 Å². The molecule has 1 atom stereocenters. The molecule has 5 nitrogen and oxygen atoms in total. The molecule has 1 amide bonds. The minimum Gasteiger partial charge on any atom is -0.491 e. The molecule has 3 rings (SSSR count). The standard InChI is InChI=1S/C20H27N3O2S/c1-13(2)25-17-9-5-15(6-10-17)20-22-18(12-26-20)19(24)21-11-14(3)23(4)16-7-8-16/h5-6,9-10,12-14,16H,7-8,11H2,1-4H3,(H,21,24). The van der Waals surface area contributed by atoms with E-state index in [1.54, 1.807) is 0 Å². The van der Waals surface area contributed by atoms with Crippen LogP contribution in [0.1, 0.15) is 44.1 Å². The van der Waals surface area contributed by atoms with Crippen molar-refractivity contribution in [2.75, 3.05) is 13.6 Å². The molecule has 1 aromatic carbocycles. The van der Waals surface area contributed by atoms with Crippen LogP contribution >= 0.6 is 11.3 Å². The quantitative estimate of drug-likeness (QED) is 0.764. The summed E-state index contributed by atoms with van der Waals surface area (Å²) in [4.78, 5) is 19.2. The Hall–Kier alpha value is -1.92. The molecule has 1 aliphatic rings. The van der Waals surface area contributed by atoms with Crippen molar-refractivity contribution >= 4 is 17.2 Å². The average Bonchev–Trinajstić information content (AvgIpc) is 3.35. The molecule has 0 bridgehead atoms. The molecule has 26 heavy (non-hydrogen) atoms. The number of likely N-dealkylation sites (N-methyl/N-ethyl adjacent to an activating group) is 1. The minimum absolute atomic E-state index is 0.108. The minimum atomic E-state index is -0.108. The summed E-state index contributed by atoms with van der Waals surface area (Å²) in [5.74, 6) is 0.732. The van der Waals surface area contributed by atoms with Gasteiger partial charge in [0.15, 0.2) is 0 Å². The monoisotopic (exact) mass is 373 g/mol. The zero-order chi connectivity index (χ0) is 18.7. The lowest BCUT2D eigenvalue weighted by molar-refractivity contribution is 0.0935. The van der Waals surface area contributed by atoms with E-state index in [1.807, 2.05) is 43.5 Å². The number of rotatable bonds is 8. The van der Waals surface area contributed by atoms with Crippen molar-refractivity contribution in [1.82, 2.24) is 15.2 Å². The summed E-state index contributed by atoms with van der Waals surface area (Å²) in [5.41, 5.74) is 1.47. The summed E-state index contributed by atoms with van der Waals surface area (Å²) in [6.45, 7) is 6.79. The third kappa shape index (κ3) is 4.83. The van der Waals surface area contributed by atoms with Crippen molar-refractivity contribution in [1.29, 1.82) is 0 Å². The molecule has 0 radical (unpaired) electrons. The second kappa shape index (κ2) is 8.18. The van der Waals surface area contributed by atoms with Crippen molar-refractivity contribution in [3.63, 3.8) is 0 Å². The highest BCUT2D eigenvalue weighted by atomic mass is 32.1. The van der Waals surface area contributed by atoms with Crippen molar-refractivity contribution < 1.29 is 9.53 Å². The van der Waals surface area contributed by atoms with Gasteiger partial charge in [0.25, 0.3) is 5.91 Å². The van der Waals surface area contributed by atoms with E-state index in [4.69, 9.17) is 4.74 Å². The number of thiazole rings is 1. The number of carbonyl (C=O) groups excluding carboxylic acids is 1. The van der Waals surface area contributed by atoms with Gasteiger partial charge >= 0.3 is 0 Å². The highest BCUT2D eigenvalue weighted by Gasteiger charge is 2.29. The van der Waals surface area contributed by atoms with Gasteiger partial charge in [-0.2, -0.15) is 0 Å². The average molecular weight is 374 g/mol. The number of carbonyl (C=O) groups is 1. The van der Waals surface area contributed by atoms with E-state index >= 15 is 0 Å². The molecule has 1 aromatic heterocycles. The maximum Gasteiger partial charge on any atom is 0.270 e. The third-order valence-corrected chi connectivity index (χ3v) is 5.48. The number of amides is 1. The lowest BCUT2D eigenvalue weighted by Gasteiger charge is -2.24. The number of nitrogens with one attached hydrogen (secondary N) is 1. The molecule has 6 heteroatoms. The van der Waals surface area contributed by atoms with Crippen LogP contribution in [0.2, 0.25) is 0 Å². The van der Waals surface area contributed by atoms with Crippen LogP contribution in [0.4, 0.5) is 0 Å². The van der Waals surface area contributed by atoms with Crippen molar-refractivity contribution in [3.05, 3.63) is 35.3 Å². The topological polar surface area (TPSA) is 54.5 Å². The van der Waals surface area contributed by atoms with Crippen LogP contribution in [0, 0.1) is 0 Å². The smallest absolute Gasteiger partial charge is 0.270 e. The fourth-order valence-corrected chi connectivity index (χ4v) is 3.58. The van der Waals surface area contributed by atoms with E-state index < -0.39 is 0 Å². The van der Waals surface area contributed by atoms with Crippen LogP contribution in [-0.2, 0) is 0 Å². The van der Waals surface area contributed by atoms with Crippen LogP contribution in [0.25, 0.3) is 10.6 Å². The van der Waals surface area contributed by atoms with Crippen LogP contribution < -0.4 is 10.1 Å². The molecule has 0 saturated heterocycles. The van der Waals surface area contributed by atoms with E-state index in [9.17, 15) is 4.79 Å². The molecule has 0 aliphatic heterocycles. The summed E-state index contributed by atoms with van der Waals surface area (Å²) >= 11 is 1.48. The highest BCUT2D eigenvalue weighted by Crippen LogP contribution is 2.27. The molecule has 1 saturated carbocycles. The molecule has 1 unspecified atom stereocenters. The van der Waals surface area contributed by atoms with Gasteiger partial charge in [-0.05, 0) is 64.9 Å². The first-order chi connectivity index (χ1) is 12.4. The number of aromatic nitrogens is 1. The molecule has 2 aromatic rings. The van der Waals surface area contributed by atoms with Gasteiger partial charge in [-0.1, -0.05) is 0 Å². The Balaban J connectivity index is 1.57. The summed E-state index contributed by atoms with van der Waals surface area (Å²) in [7, 11) is 2.13. The molecular formula is C20H27N3O2S. The van der Waals surface area contributed by atoms with Crippen LogP contribution in [-0.4, -0.2) is 47.6 Å². The Kier molecular flexibility index (Phi) is 5.94. The van der Waals surface area contributed by atoms with Gasteiger partial charge in [-0.15, -0.1) is 11.3 Å². The zero-order valence-corrected chi connectivity index (χ0v) is 16.7. The van der Waals surface area contributed by atoms with E-state index in [2.05, 4.69) is 29.2 Å². The molecule has 1 N–H and O–H groups in total. The molecule has 0 spiro atoms. The molecular weight excluding hydrogens is 346 g/mol. The Bertz CT molecular complexity index is 738. The normalized spacial score (nSPS) is 15.3. The van der Waals surface area contributed by atoms with Crippen molar-refractivity contribution in [3.8, 4) is 16.3 Å². The van der Waals surface area contributed by atoms with Gasteiger partial charge in [-0.3, -0.25) is 9.69 Å². The van der Waals surface area contributed by atoms with Crippen molar-refractivity contribution in [2.45, 2.75) is 51.8 Å². The van der Waals surface area contributed by atoms with Gasteiger partial charge < -0.3 is 10.1 Å². The van der Waals surface area contributed by atoms with Gasteiger partial charge in [0.05, 0.1) is 6.10 Å². The predicted octanol–water partition coefficient (Wildman–Crippen LogP) is 3.81. The first-order valence-corrected chi connectivity index (χ1v) is 10.0. The predicted molar refractivity (Wildman–Crippen MR) is 106 cm³/mol. The van der Waals surface area contributed by atoms with E-state index in [1.165, 1.54) is 24.2 Å². The SMILES string of the molecule is CC(C)Oc1ccc(-c2nc(C(=O)NCC(C)N(C)C3CC3)cs2)cc1. The van der Waals surface area contributed by atoms with Gasteiger partial charge in [0, 0.05) is 29.6 Å². The van der Waals surface area contributed by atoms with Crippen LogP contribution in [0.5, 0.6) is 5.75 Å². The number of benzene rings is 1. The Labute approximate surface area is 159 Å². The molecule has 1 fully saturated rings. The van der Waals surface area contributed by atoms with Crippen molar-refractivity contribution in [2.24, 2.45) is 0 Å². The Morgan fingerprint density at radius 2 is 2.00 bits per heavy atom. The fourth-order valence-electron chi connectivity index (χ4n) is 2.78. The number of nitrogens with zero attached hydrogens (tertiary/aromatic N) is 2. The lowest BCUT2D eigenvalue weighted by Crippen LogP contribution is -2.41. The zero-order valence-electron chi connectivity index (χ0n) is 15.9. The second-order valence-electron chi connectivity index (χ2n) is 7.18. The fraction of sp³-hybridized carbons (Fsp3) is 0.500. The number of hydrogen-bond donors (Lipinski definition) is 1. The summed E-state index contributed by atoms with van der Waals surface area (Å²) in [5, 5.41) is 5.66. The van der Waals surface area contributed by atoms with Gasteiger partial charge in [-0.25, -0.2) is 4.98 Å². The lowest BCUT2D eigenvalue weighted by atomic mass is 10.2. The number of hydrogen-bond acceptors (Lipinski definition) is 5. The third-order valence-electron chi connectivity index (χ3n) is 4.59. The molecule has 140 valence electrons. The van der Waals surface area contributed by atoms with E-state index in [0.29, 0.717) is 24.3 Å². The first-order valence-electron chi connectivity index (χ1n) is 9.16.